The highest BCUT2D eigenvalue weighted by Gasteiger charge is 1.83. The van der Waals surface area contributed by atoms with Gasteiger partial charge in [0.1, 0.15) is 0 Å². The highest BCUT2D eigenvalue weighted by molar-refractivity contribution is 5.44. The van der Waals surface area contributed by atoms with Crippen molar-refractivity contribution in [3.63, 3.8) is 0 Å². The van der Waals surface area contributed by atoms with E-state index in [0.29, 0.717) is 0 Å². The van der Waals surface area contributed by atoms with Crippen LogP contribution >= 0.6 is 0 Å². The van der Waals surface area contributed by atoms with Crippen molar-refractivity contribution in [2.24, 2.45) is 0 Å². The minimum atomic E-state index is 0.763. The Morgan fingerprint density at radius 3 is 3.23 bits per heavy atom. The lowest BCUT2D eigenvalue weighted by atomic mass is 10.3. The molecule has 1 aromatic carbocycles. The SMILES string of the molecule is CCCOC=CNc1c[c]ccc1. The van der Waals surface area contributed by atoms with E-state index >= 15 is 0 Å². The molecule has 13 heavy (non-hydrogen) atoms. The van der Waals surface area contributed by atoms with E-state index in [-0.39, 0.29) is 0 Å². The quantitative estimate of drug-likeness (QED) is 0.550. The molecular formula is C11H14NO. The molecule has 69 valence electrons. The van der Waals surface area contributed by atoms with E-state index in [1.165, 1.54) is 0 Å². The molecule has 2 nitrogen and oxygen atoms in total. The summed E-state index contributed by atoms with van der Waals surface area (Å²) in [5, 5.41) is 3.07. The molecule has 0 saturated carbocycles. The fraction of sp³-hybridized carbons (Fsp3) is 0.273. The molecule has 0 fully saturated rings. The van der Waals surface area contributed by atoms with Gasteiger partial charge in [-0.3, -0.25) is 0 Å². The maximum Gasteiger partial charge on any atom is 0.0988 e. The number of ether oxygens (including phenoxy) is 1. The average Bonchev–Trinajstić information content (AvgIpc) is 2.19. The summed E-state index contributed by atoms with van der Waals surface area (Å²) in [7, 11) is 0. The lowest BCUT2D eigenvalue weighted by Crippen LogP contribution is -1.88. The van der Waals surface area contributed by atoms with Gasteiger partial charge in [0.15, 0.2) is 0 Å². The fourth-order valence-electron chi connectivity index (χ4n) is 0.847. The molecule has 0 aromatic heterocycles. The maximum absolute atomic E-state index is 5.15. The summed E-state index contributed by atoms with van der Waals surface area (Å²) < 4.78 is 5.15. The number of benzene rings is 1. The van der Waals surface area contributed by atoms with Gasteiger partial charge in [0.2, 0.25) is 0 Å². The van der Waals surface area contributed by atoms with Gasteiger partial charge >= 0.3 is 0 Å². The van der Waals surface area contributed by atoms with Crippen LogP contribution in [0.3, 0.4) is 0 Å². The normalized spacial score (nSPS) is 10.2. The third kappa shape index (κ3) is 4.21. The van der Waals surface area contributed by atoms with Crippen LogP contribution in [0.4, 0.5) is 5.69 Å². The summed E-state index contributed by atoms with van der Waals surface area (Å²) in [6.07, 6.45) is 4.47. The predicted octanol–water partition coefficient (Wildman–Crippen LogP) is 2.80. The number of rotatable bonds is 5. The molecule has 0 atom stereocenters. The topological polar surface area (TPSA) is 21.3 Å². The zero-order valence-electron chi connectivity index (χ0n) is 7.79. The van der Waals surface area contributed by atoms with Crippen LogP contribution in [0.15, 0.2) is 36.7 Å². The fourth-order valence-corrected chi connectivity index (χ4v) is 0.847. The molecule has 0 aliphatic carbocycles. The van der Waals surface area contributed by atoms with E-state index in [1.807, 2.05) is 24.3 Å². The van der Waals surface area contributed by atoms with Gasteiger partial charge in [-0.15, -0.1) is 0 Å². The van der Waals surface area contributed by atoms with E-state index in [2.05, 4.69) is 18.3 Å². The van der Waals surface area contributed by atoms with Crippen molar-refractivity contribution >= 4 is 5.69 Å². The Balaban J connectivity index is 2.23. The molecule has 1 N–H and O–H groups in total. The van der Waals surface area contributed by atoms with Crippen LogP contribution in [0.1, 0.15) is 13.3 Å². The van der Waals surface area contributed by atoms with Crippen molar-refractivity contribution in [3.05, 3.63) is 42.8 Å². The molecule has 0 saturated heterocycles. The van der Waals surface area contributed by atoms with Crippen LogP contribution in [-0.2, 0) is 4.74 Å². The van der Waals surface area contributed by atoms with Crippen molar-refractivity contribution < 1.29 is 4.74 Å². The number of hydrogen-bond acceptors (Lipinski definition) is 2. The molecule has 0 bridgehead atoms. The smallest absolute Gasteiger partial charge is 0.0988 e. The molecule has 0 unspecified atom stereocenters. The van der Waals surface area contributed by atoms with E-state index in [1.54, 1.807) is 12.5 Å². The first-order chi connectivity index (χ1) is 6.43. The summed E-state index contributed by atoms with van der Waals surface area (Å²) in [6, 6.07) is 10.6. The Kier molecular flexibility index (Phi) is 4.54. The molecule has 0 aliphatic heterocycles. The standard InChI is InChI=1S/C11H14NO/c1-2-9-13-10-8-12-11-6-4-3-5-7-11/h3-4,6-8,10,12H,2,9H2,1H3. The number of nitrogens with one attached hydrogen (secondary N) is 1. The van der Waals surface area contributed by atoms with E-state index in [4.69, 9.17) is 4.74 Å². The maximum atomic E-state index is 5.15. The van der Waals surface area contributed by atoms with Crippen molar-refractivity contribution in [1.82, 2.24) is 0 Å². The first kappa shape index (κ1) is 9.65. The molecule has 1 rings (SSSR count). The first-order valence-corrected chi connectivity index (χ1v) is 4.42. The van der Waals surface area contributed by atoms with Crippen LogP contribution in [0, 0.1) is 6.07 Å². The van der Waals surface area contributed by atoms with Crippen LogP contribution in [0.2, 0.25) is 0 Å². The van der Waals surface area contributed by atoms with E-state index in [9.17, 15) is 0 Å². The van der Waals surface area contributed by atoms with Gasteiger partial charge in [-0.05, 0) is 24.6 Å². The minimum absolute atomic E-state index is 0.763. The van der Waals surface area contributed by atoms with Crippen molar-refractivity contribution in [2.45, 2.75) is 13.3 Å². The number of hydrogen-bond donors (Lipinski definition) is 1. The summed E-state index contributed by atoms with van der Waals surface area (Å²) in [4.78, 5) is 0. The second-order valence-electron chi connectivity index (χ2n) is 2.61. The van der Waals surface area contributed by atoms with Crippen molar-refractivity contribution in [1.29, 1.82) is 0 Å². The zero-order chi connectivity index (χ0) is 9.36. The van der Waals surface area contributed by atoms with E-state index < -0.39 is 0 Å². The molecule has 0 heterocycles. The summed E-state index contributed by atoms with van der Waals surface area (Å²) in [5.41, 5.74) is 1.01. The van der Waals surface area contributed by atoms with Crippen LogP contribution in [0.25, 0.3) is 0 Å². The monoisotopic (exact) mass is 176 g/mol. The lowest BCUT2D eigenvalue weighted by Gasteiger charge is -1.99. The highest BCUT2D eigenvalue weighted by Crippen LogP contribution is 2.03. The average molecular weight is 176 g/mol. The summed E-state index contributed by atoms with van der Waals surface area (Å²) in [6.45, 7) is 2.84. The van der Waals surface area contributed by atoms with E-state index in [0.717, 1.165) is 18.7 Å². The second-order valence-corrected chi connectivity index (χ2v) is 2.61. The largest absolute Gasteiger partial charge is 0.500 e. The zero-order valence-corrected chi connectivity index (χ0v) is 7.79. The molecular weight excluding hydrogens is 162 g/mol. The Bertz CT molecular complexity index is 244. The van der Waals surface area contributed by atoms with Gasteiger partial charge in [-0.2, -0.15) is 0 Å². The first-order valence-electron chi connectivity index (χ1n) is 4.42. The van der Waals surface area contributed by atoms with Gasteiger partial charge in [0.05, 0.1) is 12.9 Å². The molecule has 0 aliphatic rings. The van der Waals surface area contributed by atoms with Gasteiger partial charge in [0.25, 0.3) is 0 Å². The van der Waals surface area contributed by atoms with Gasteiger partial charge in [-0.1, -0.05) is 19.1 Å². The van der Waals surface area contributed by atoms with Crippen LogP contribution in [0.5, 0.6) is 0 Å². The second kappa shape index (κ2) is 6.12. The van der Waals surface area contributed by atoms with Crippen LogP contribution in [-0.4, -0.2) is 6.61 Å². The molecule has 0 amide bonds. The van der Waals surface area contributed by atoms with Crippen LogP contribution < -0.4 is 5.32 Å². The number of anilines is 1. The third-order valence-corrected chi connectivity index (χ3v) is 1.44. The lowest BCUT2D eigenvalue weighted by molar-refractivity contribution is 0.249. The minimum Gasteiger partial charge on any atom is -0.500 e. The third-order valence-electron chi connectivity index (χ3n) is 1.44. The Hall–Kier alpha value is -1.44. The molecule has 2 heteroatoms. The summed E-state index contributed by atoms with van der Waals surface area (Å²) >= 11 is 0. The van der Waals surface area contributed by atoms with Gasteiger partial charge in [-0.25, -0.2) is 0 Å². The molecule has 1 radical (unpaired) electrons. The Morgan fingerprint density at radius 2 is 2.54 bits per heavy atom. The van der Waals surface area contributed by atoms with Gasteiger partial charge in [0, 0.05) is 11.9 Å². The van der Waals surface area contributed by atoms with Gasteiger partial charge < -0.3 is 10.1 Å². The Morgan fingerprint density at radius 1 is 1.62 bits per heavy atom. The van der Waals surface area contributed by atoms with Crippen molar-refractivity contribution in [3.8, 4) is 0 Å². The molecule has 0 spiro atoms. The summed E-state index contributed by atoms with van der Waals surface area (Å²) in [5.74, 6) is 0. The predicted molar refractivity (Wildman–Crippen MR) is 54.3 cm³/mol. The highest BCUT2D eigenvalue weighted by atomic mass is 16.5. The Labute approximate surface area is 79.2 Å². The molecule has 1 aromatic rings. The van der Waals surface area contributed by atoms with Crippen molar-refractivity contribution in [2.75, 3.05) is 11.9 Å².